The quantitative estimate of drug-likeness (QED) is 0.726. The third-order valence-corrected chi connectivity index (χ3v) is 3.83. The van der Waals surface area contributed by atoms with Gasteiger partial charge in [0.25, 0.3) is 0 Å². The first-order valence-corrected chi connectivity index (χ1v) is 8.38. The van der Waals surface area contributed by atoms with Crippen molar-refractivity contribution in [2.75, 3.05) is 13.2 Å². The molecule has 2 aromatic rings. The van der Waals surface area contributed by atoms with E-state index >= 15 is 0 Å². The molecule has 2 rings (SSSR count). The third-order valence-electron chi connectivity index (χ3n) is 3.34. The van der Waals surface area contributed by atoms with Crippen molar-refractivity contribution in [2.45, 2.75) is 12.8 Å². The van der Waals surface area contributed by atoms with Gasteiger partial charge in [0.2, 0.25) is 11.8 Å². The number of nitrogens with one attached hydrogen (secondary N) is 1. The molecule has 0 saturated carbocycles. The first kappa shape index (κ1) is 18.0. The Balaban J connectivity index is 1.68. The molecule has 0 radical (unpaired) electrons. The molecule has 126 valence electrons. The molecule has 24 heavy (non-hydrogen) atoms. The van der Waals surface area contributed by atoms with E-state index in [2.05, 4.69) is 21.2 Å². The second-order valence-electron chi connectivity index (χ2n) is 5.22. The lowest BCUT2D eigenvalue weighted by atomic mass is 10.1. The zero-order valence-electron chi connectivity index (χ0n) is 13.1. The van der Waals surface area contributed by atoms with Crippen LogP contribution < -0.4 is 15.8 Å². The Morgan fingerprint density at radius 1 is 1.12 bits per heavy atom. The summed E-state index contributed by atoms with van der Waals surface area (Å²) in [6.07, 6.45) is 0.924. The smallest absolute Gasteiger partial charge is 0.248 e. The lowest BCUT2D eigenvalue weighted by Crippen LogP contribution is -2.27. The van der Waals surface area contributed by atoms with Crippen LogP contribution in [0.15, 0.2) is 53.0 Å². The average Bonchev–Trinajstić information content (AvgIpc) is 2.55. The SMILES string of the molecule is NC(=O)c1cccc(CCNC(=O)CCOc2cccc(Br)c2)c1. The van der Waals surface area contributed by atoms with Crippen LogP contribution >= 0.6 is 15.9 Å². The predicted octanol–water partition coefficient (Wildman–Crippen LogP) is 2.68. The predicted molar refractivity (Wildman–Crippen MR) is 95.9 cm³/mol. The summed E-state index contributed by atoms with van der Waals surface area (Å²) in [4.78, 5) is 22.9. The maximum atomic E-state index is 11.8. The summed E-state index contributed by atoms with van der Waals surface area (Å²) in [5, 5.41) is 2.83. The summed E-state index contributed by atoms with van der Waals surface area (Å²) in [6, 6.07) is 14.6. The summed E-state index contributed by atoms with van der Waals surface area (Å²) in [7, 11) is 0. The maximum Gasteiger partial charge on any atom is 0.248 e. The van der Waals surface area contributed by atoms with Crippen LogP contribution in [0.3, 0.4) is 0 Å². The van der Waals surface area contributed by atoms with Crippen molar-refractivity contribution in [2.24, 2.45) is 5.73 Å². The number of nitrogens with two attached hydrogens (primary N) is 1. The maximum absolute atomic E-state index is 11.8. The van der Waals surface area contributed by atoms with E-state index in [1.54, 1.807) is 18.2 Å². The molecule has 2 amide bonds. The summed E-state index contributed by atoms with van der Waals surface area (Å²) in [5.74, 6) is 0.196. The Bertz CT molecular complexity index is 719. The zero-order chi connectivity index (χ0) is 17.4. The van der Waals surface area contributed by atoms with Gasteiger partial charge in [0, 0.05) is 16.6 Å². The summed E-state index contributed by atoms with van der Waals surface area (Å²) in [6.45, 7) is 0.817. The number of halogens is 1. The van der Waals surface area contributed by atoms with E-state index in [0.717, 1.165) is 15.8 Å². The summed E-state index contributed by atoms with van der Waals surface area (Å²) < 4.78 is 6.45. The number of carbonyl (C=O) groups is 2. The highest BCUT2D eigenvalue weighted by molar-refractivity contribution is 9.10. The molecule has 0 fully saturated rings. The number of hydrogen-bond acceptors (Lipinski definition) is 3. The van der Waals surface area contributed by atoms with Crippen LogP contribution in [0.25, 0.3) is 0 Å². The molecule has 0 saturated heterocycles. The normalized spacial score (nSPS) is 10.2. The standard InChI is InChI=1S/C18H19BrN2O3/c19-15-5-2-6-16(12-15)24-10-8-17(22)21-9-7-13-3-1-4-14(11-13)18(20)23/h1-6,11-12H,7-10H2,(H2,20,23)(H,21,22). The molecule has 0 aromatic heterocycles. The highest BCUT2D eigenvalue weighted by Crippen LogP contribution is 2.17. The Kier molecular flexibility index (Phi) is 6.81. The van der Waals surface area contributed by atoms with Crippen molar-refractivity contribution >= 4 is 27.7 Å². The van der Waals surface area contributed by atoms with Crippen LogP contribution in [0.5, 0.6) is 5.75 Å². The van der Waals surface area contributed by atoms with Gasteiger partial charge in [0.05, 0.1) is 13.0 Å². The first-order chi connectivity index (χ1) is 11.5. The van der Waals surface area contributed by atoms with E-state index in [0.29, 0.717) is 25.1 Å². The van der Waals surface area contributed by atoms with Gasteiger partial charge >= 0.3 is 0 Å². The van der Waals surface area contributed by atoms with Gasteiger partial charge in [-0.3, -0.25) is 9.59 Å². The first-order valence-electron chi connectivity index (χ1n) is 7.58. The molecular weight excluding hydrogens is 372 g/mol. The van der Waals surface area contributed by atoms with Gasteiger partial charge in [-0.2, -0.15) is 0 Å². The van der Waals surface area contributed by atoms with E-state index in [-0.39, 0.29) is 12.3 Å². The van der Waals surface area contributed by atoms with Crippen LogP contribution in [-0.2, 0) is 11.2 Å². The third kappa shape index (κ3) is 6.04. The van der Waals surface area contributed by atoms with Crippen LogP contribution in [0.4, 0.5) is 0 Å². The van der Waals surface area contributed by atoms with Gasteiger partial charge in [-0.25, -0.2) is 0 Å². The molecular formula is C18H19BrN2O3. The summed E-state index contributed by atoms with van der Waals surface area (Å²) in [5.41, 5.74) is 6.68. The van der Waals surface area contributed by atoms with Gasteiger partial charge in [-0.05, 0) is 42.3 Å². The van der Waals surface area contributed by atoms with Crippen molar-refractivity contribution in [1.29, 1.82) is 0 Å². The highest BCUT2D eigenvalue weighted by atomic mass is 79.9. The van der Waals surface area contributed by atoms with Crippen molar-refractivity contribution in [3.8, 4) is 5.75 Å². The van der Waals surface area contributed by atoms with Gasteiger partial charge in [0.15, 0.2) is 0 Å². The van der Waals surface area contributed by atoms with Crippen molar-refractivity contribution in [3.63, 3.8) is 0 Å². The van der Waals surface area contributed by atoms with Crippen LogP contribution in [-0.4, -0.2) is 25.0 Å². The Morgan fingerprint density at radius 2 is 1.92 bits per heavy atom. The molecule has 3 N–H and O–H groups in total. The minimum atomic E-state index is -0.453. The molecule has 0 aliphatic carbocycles. The Labute approximate surface area is 149 Å². The average molecular weight is 391 g/mol. The topological polar surface area (TPSA) is 81.4 Å². The lowest BCUT2D eigenvalue weighted by molar-refractivity contribution is -0.121. The fraction of sp³-hybridized carbons (Fsp3) is 0.222. The minimum absolute atomic E-state index is 0.0731. The number of carbonyl (C=O) groups excluding carboxylic acids is 2. The molecule has 0 aliphatic heterocycles. The van der Waals surface area contributed by atoms with Crippen molar-refractivity contribution < 1.29 is 14.3 Å². The molecule has 2 aromatic carbocycles. The van der Waals surface area contributed by atoms with E-state index < -0.39 is 5.91 Å². The van der Waals surface area contributed by atoms with E-state index in [9.17, 15) is 9.59 Å². The number of rotatable bonds is 8. The van der Waals surface area contributed by atoms with Gasteiger partial charge in [-0.1, -0.05) is 34.1 Å². The van der Waals surface area contributed by atoms with Crippen molar-refractivity contribution in [3.05, 3.63) is 64.1 Å². The van der Waals surface area contributed by atoms with E-state index in [1.165, 1.54) is 0 Å². The number of amides is 2. The van der Waals surface area contributed by atoms with Gasteiger partial charge < -0.3 is 15.8 Å². The fourth-order valence-corrected chi connectivity index (χ4v) is 2.51. The second-order valence-corrected chi connectivity index (χ2v) is 6.14. The van der Waals surface area contributed by atoms with Crippen molar-refractivity contribution in [1.82, 2.24) is 5.32 Å². The number of benzene rings is 2. The van der Waals surface area contributed by atoms with Gasteiger partial charge in [-0.15, -0.1) is 0 Å². The second kappa shape index (κ2) is 9.08. The molecule has 6 heteroatoms. The molecule has 0 aliphatic rings. The molecule has 0 spiro atoms. The highest BCUT2D eigenvalue weighted by Gasteiger charge is 2.04. The van der Waals surface area contributed by atoms with Crippen LogP contribution in [0.1, 0.15) is 22.3 Å². The minimum Gasteiger partial charge on any atom is -0.493 e. The molecule has 0 bridgehead atoms. The van der Waals surface area contributed by atoms with Gasteiger partial charge in [0.1, 0.15) is 5.75 Å². The van der Waals surface area contributed by atoms with E-state index in [4.69, 9.17) is 10.5 Å². The van der Waals surface area contributed by atoms with E-state index in [1.807, 2.05) is 30.3 Å². The Hall–Kier alpha value is -2.34. The molecule has 0 heterocycles. The molecule has 0 atom stereocenters. The molecule has 0 unspecified atom stereocenters. The number of ether oxygens (including phenoxy) is 1. The van der Waals surface area contributed by atoms with Crippen LogP contribution in [0.2, 0.25) is 0 Å². The van der Waals surface area contributed by atoms with Crippen LogP contribution in [0, 0.1) is 0 Å². The lowest BCUT2D eigenvalue weighted by Gasteiger charge is -2.08. The summed E-state index contributed by atoms with van der Waals surface area (Å²) >= 11 is 3.37. The zero-order valence-corrected chi connectivity index (χ0v) is 14.7. The number of primary amides is 1. The number of hydrogen-bond donors (Lipinski definition) is 2. The fourth-order valence-electron chi connectivity index (χ4n) is 2.13. The Morgan fingerprint density at radius 3 is 2.67 bits per heavy atom. The molecule has 5 nitrogen and oxygen atoms in total. The monoisotopic (exact) mass is 390 g/mol. The largest absolute Gasteiger partial charge is 0.493 e.